The zero-order valence-corrected chi connectivity index (χ0v) is 15.2. The van der Waals surface area contributed by atoms with Crippen LogP contribution in [0.5, 0.6) is 11.5 Å². The third-order valence-electron chi connectivity index (χ3n) is 3.09. The summed E-state index contributed by atoms with van der Waals surface area (Å²) in [4.78, 5) is 0.0881. The molecule has 2 aromatic rings. The molecule has 2 aromatic carbocycles. The van der Waals surface area contributed by atoms with Crippen molar-refractivity contribution in [2.75, 3.05) is 13.2 Å². The lowest BCUT2D eigenvalue weighted by atomic mass is 10.0. The summed E-state index contributed by atoms with van der Waals surface area (Å²) in [5, 5.41) is 0. The SMILES string of the molecule is Brc1ccc(Br)c(C(Br)c2ccc3c(c2)OCCO3)c1. The van der Waals surface area contributed by atoms with Crippen molar-refractivity contribution in [2.24, 2.45) is 0 Å². The van der Waals surface area contributed by atoms with Crippen LogP contribution in [0.2, 0.25) is 0 Å². The van der Waals surface area contributed by atoms with Gasteiger partial charge in [-0.15, -0.1) is 0 Å². The molecular weight excluding hydrogens is 452 g/mol. The predicted molar refractivity (Wildman–Crippen MR) is 90.0 cm³/mol. The molecule has 0 N–H and O–H groups in total. The van der Waals surface area contributed by atoms with Crippen molar-refractivity contribution >= 4 is 47.8 Å². The summed E-state index contributed by atoms with van der Waals surface area (Å²) in [5.74, 6) is 1.62. The van der Waals surface area contributed by atoms with Gasteiger partial charge in [0.15, 0.2) is 11.5 Å². The van der Waals surface area contributed by atoms with Gasteiger partial charge in [0, 0.05) is 8.95 Å². The van der Waals surface area contributed by atoms with Gasteiger partial charge in [-0.25, -0.2) is 0 Å². The van der Waals surface area contributed by atoms with E-state index in [0.717, 1.165) is 31.6 Å². The van der Waals surface area contributed by atoms with Crippen molar-refractivity contribution < 1.29 is 9.47 Å². The van der Waals surface area contributed by atoms with Crippen LogP contribution in [-0.2, 0) is 0 Å². The van der Waals surface area contributed by atoms with Gasteiger partial charge in [-0.1, -0.05) is 53.9 Å². The Morgan fingerprint density at radius 3 is 2.45 bits per heavy atom. The quantitative estimate of drug-likeness (QED) is 0.551. The number of rotatable bonds is 2. The summed E-state index contributed by atoms with van der Waals surface area (Å²) >= 11 is 10.9. The van der Waals surface area contributed by atoms with E-state index in [1.54, 1.807) is 0 Å². The molecule has 5 heteroatoms. The average molecular weight is 463 g/mol. The highest BCUT2D eigenvalue weighted by molar-refractivity contribution is 9.11. The maximum atomic E-state index is 5.64. The van der Waals surface area contributed by atoms with E-state index in [1.807, 2.05) is 24.3 Å². The normalized spacial score (nSPS) is 14.9. The molecular formula is C15H11Br3O2. The van der Waals surface area contributed by atoms with Crippen LogP contribution < -0.4 is 9.47 Å². The van der Waals surface area contributed by atoms with Gasteiger partial charge in [0.1, 0.15) is 13.2 Å². The first-order valence-corrected chi connectivity index (χ1v) is 8.64. The topological polar surface area (TPSA) is 18.5 Å². The summed E-state index contributed by atoms with van der Waals surface area (Å²) < 4.78 is 13.3. The Bertz CT molecular complexity index is 643. The van der Waals surface area contributed by atoms with Crippen molar-refractivity contribution in [3.05, 3.63) is 56.5 Å². The second-order valence-corrected chi connectivity index (χ2v) is 7.12. The molecule has 0 radical (unpaired) electrons. The number of alkyl halides is 1. The summed E-state index contributed by atoms with van der Waals surface area (Å²) in [6, 6.07) is 12.2. The largest absolute Gasteiger partial charge is 0.486 e. The number of benzene rings is 2. The number of fused-ring (bicyclic) bond motifs is 1. The van der Waals surface area contributed by atoms with Crippen LogP contribution in [0.25, 0.3) is 0 Å². The van der Waals surface area contributed by atoms with Gasteiger partial charge in [-0.05, 0) is 41.5 Å². The molecule has 0 spiro atoms. The van der Waals surface area contributed by atoms with E-state index < -0.39 is 0 Å². The molecule has 0 bridgehead atoms. The Labute approximate surface area is 142 Å². The van der Waals surface area contributed by atoms with Crippen molar-refractivity contribution in [3.63, 3.8) is 0 Å². The molecule has 1 atom stereocenters. The Kier molecular flexibility index (Phi) is 4.38. The van der Waals surface area contributed by atoms with Gasteiger partial charge in [-0.3, -0.25) is 0 Å². The minimum Gasteiger partial charge on any atom is -0.486 e. The fourth-order valence-electron chi connectivity index (χ4n) is 2.11. The van der Waals surface area contributed by atoms with Gasteiger partial charge >= 0.3 is 0 Å². The minimum absolute atomic E-state index is 0.0881. The van der Waals surface area contributed by atoms with E-state index in [4.69, 9.17) is 9.47 Å². The number of hydrogen-bond donors (Lipinski definition) is 0. The predicted octanol–water partition coefficient (Wildman–Crippen LogP) is 5.47. The molecule has 0 amide bonds. The minimum atomic E-state index is 0.0881. The summed E-state index contributed by atoms with van der Waals surface area (Å²) in [5.41, 5.74) is 2.30. The van der Waals surface area contributed by atoms with Crippen LogP contribution in [0.4, 0.5) is 0 Å². The molecule has 0 saturated heterocycles. The van der Waals surface area contributed by atoms with E-state index in [1.165, 1.54) is 0 Å². The second kappa shape index (κ2) is 6.08. The third-order valence-corrected chi connectivity index (χ3v) is 5.33. The van der Waals surface area contributed by atoms with Crippen molar-refractivity contribution in [2.45, 2.75) is 4.83 Å². The van der Waals surface area contributed by atoms with E-state index in [2.05, 4.69) is 59.9 Å². The van der Waals surface area contributed by atoms with Gasteiger partial charge in [-0.2, -0.15) is 0 Å². The van der Waals surface area contributed by atoms with Crippen LogP contribution >= 0.6 is 47.8 Å². The zero-order valence-electron chi connectivity index (χ0n) is 10.4. The van der Waals surface area contributed by atoms with Crippen LogP contribution in [0.15, 0.2) is 45.3 Å². The lowest BCUT2D eigenvalue weighted by Crippen LogP contribution is -2.15. The molecule has 0 saturated carbocycles. The van der Waals surface area contributed by atoms with Crippen LogP contribution in [0.1, 0.15) is 16.0 Å². The first kappa shape index (κ1) is 14.4. The summed E-state index contributed by atoms with van der Waals surface area (Å²) in [7, 11) is 0. The number of hydrogen-bond acceptors (Lipinski definition) is 2. The van der Waals surface area contributed by atoms with Crippen LogP contribution in [-0.4, -0.2) is 13.2 Å². The Morgan fingerprint density at radius 2 is 1.65 bits per heavy atom. The molecule has 20 heavy (non-hydrogen) atoms. The molecule has 104 valence electrons. The monoisotopic (exact) mass is 460 g/mol. The summed E-state index contributed by atoms with van der Waals surface area (Å²) in [6.07, 6.45) is 0. The van der Waals surface area contributed by atoms with Crippen LogP contribution in [0, 0.1) is 0 Å². The van der Waals surface area contributed by atoms with Gasteiger partial charge < -0.3 is 9.47 Å². The standard InChI is InChI=1S/C15H11Br3O2/c16-10-2-3-12(17)11(8-10)15(18)9-1-4-13-14(7-9)20-6-5-19-13/h1-4,7-8,15H,5-6H2. The lowest BCUT2D eigenvalue weighted by molar-refractivity contribution is 0.171. The molecule has 0 fully saturated rings. The average Bonchev–Trinajstić information content (AvgIpc) is 2.48. The lowest BCUT2D eigenvalue weighted by Gasteiger charge is -2.20. The molecule has 0 aromatic heterocycles. The van der Waals surface area contributed by atoms with Gasteiger partial charge in [0.2, 0.25) is 0 Å². The van der Waals surface area contributed by atoms with E-state index in [9.17, 15) is 0 Å². The molecule has 1 unspecified atom stereocenters. The molecule has 0 aliphatic carbocycles. The van der Waals surface area contributed by atoms with Crippen LogP contribution in [0.3, 0.4) is 0 Å². The van der Waals surface area contributed by atoms with E-state index in [-0.39, 0.29) is 4.83 Å². The first-order chi connectivity index (χ1) is 9.65. The first-order valence-electron chi connectivity index (χ1n) is 6.14. The van der Waals surface area contributed by atoms with E-state index >= 15 is 0 Å². The van der Waals surface area contributed by atoms with Crippen molar-refractivity contribution in [1.29, 1.82) is 0 Å². The molecule has 2 nitrogen and oxygen atoms in total. The van der Waals surface area contributed by atoms with E-state index in [0.29, 0.717) is 13.2 Å². The highest BCUT2D eigenvalue weighted by Gasteiger charge is 2.18. The maximum absolute atomic E-state index is 5.64. The Hall–Kier alpha value is -0.520. The molecule has 3 rings (SSSR count). The zero-order chi connectivity index (χ0) is 14.1. The highest BCUT2D eigenvalue weighted by Crippen LogP contribution is 2.40. The fraction of sp³-hybridized carbons (Fsp3) is 0.200. The van der Waals surface area contributed by atoms with Gasteiger partial charge in [0.25, 0.3) is 0 Å². The smallest absolute Gasteiger partial charge is 0.161 e. The van der Waals surface area contributed by atoms with Crippen molar-refractivity contribution in [1.82, 2.24) is 0 Å². The van der Waals surface area contributed by atoms with Gasteiger partial charge in [0.05, 0.1) is 4.83 Å². The van der Waals surface area contributed by atoms with Crippen molar-refractivity contribution in [3.8, 4) is 11.5 Å². The Balaban J connectivity index is 1.97. The number of halogens is 3. The highest BCUT2D eigenvalue weighted by atomic mass is 79.9. The second-order valence-electron chi connectivity index (χ2n) is 4.43. The molecule has 1 heterocycles. The maximum Gasteiger partial charge on any atom is 0.161 e. The Morgan fingerprint density at radius 1 is 0.900 bits per heavy atom. The molecule has 1 aliphatic heterocycles. The fourth-order valence-corrected chi connectivity index (χ4v) is 3.93. The molecule has 1 aliphatic rings. The number of ether oxygens (including phenoxy) is 2. The summed E-state index contributed by atoms with van der Waals surface area (Å²) in [6.45, 7) is 1.21. The third kappa shape index (κ3) is 2.90.